The summed E-state index contributed by atoms with van der Waals surface area (Å²) < 4.78 is 27.7. The molecule has 1 aromatic heterocycles. The number of hydrogen-bond acceptors (Lipinski definition) is 14. The van der Waals surface area contributed by atoms with Gasteiger partial charge >= 0.3 is 0 Å². The van der Waals surface area contributed by atoms with Crippen LogP contribution in [0.5, 0.6) is 17.2 Å². The molecule has 0 saturated carbocycles. The van der Waals surface area contributed by atoms with E-state index in [1.807, 2.05) is 0 Å². The molecule has 14 nitrogen and oxygen atoms in total. The van der Waals surface area contributed by atoms with Crippen molar-refractivity contribution in [3.63, 3.8) is 0 Å². The van der Waals surface area contributed by atoms with Crippen molar-refractivity contribution in [1.82, 2.24) is 0 Å². The summed E-state index contributed by atoms with van der Waals surface area (Å²) in [5.74, 6) is -0.378. The monoisotopic (exact) mass is 564 g/mol. The molecule has 8 N–H and O–H groups in total. The maximum absolute atomic E-state index is 12.5. The van der Waals surface area contributed by atoms with Crippen molar-refractivity contribution in [3.05, 3.63) is 52.7 Å². The van der Waals surface area contributed by atoms with E-state index in [1.54, 1.807) is 0 Å². The van der Waals surface area contributed by atoms with Crippen LogP contribution in [-0.4, -0.2) is 109 Å². The molecule has 5 rings (SSSR count). The van der Waals surface area contributed by atoms with Gasteiger partial charge in [0.1, 0.15) is 76.7 Å². The normalized spacial score (nSPS) is 32.4. The predicted molar refractivity (Wildman–Crippen MR) is 132 cm³/mol. The van der Waals surface area contributed by atoms with Crippen LogP contribution in [0.15, 0.2) is 51.7 Å². The molecule has 216 valence electrons. The average molecular weight is 564 g/mol. The molecule has 3 aromatic rings. The summed E-state index contributed by atoms with van der Waals surface area (Å²) in [7, 11) is 0. The van der Waals surface area contributed by atoms with Gasteiger partial charge in [-0.2, -0.15) is 0 Å². The first-order valence-electron chi connectivity index (χ1n) is 12.3. The van der Waals surface area contributed by atoms with Crippen LogP contribution < -0.4 is 10.2 Å². The molecule has 9 atom stereocenters. The Morgan fingerprint density at radius 1 is 0.775 bits per heavy atom. The zero-order valence-electron chi connectivity index (χ0n) is 20.7. The first kappa shape index (κ1) is 28.2. The molecule has 0 aliphatic carbocycles. The fourth-order valence-corrected chi connectivity index (χ4v) is 4.68. The molecule has 40 heavy (non-hydrogen) atoms. The van der Waals surface area contributed by atoms with Gasteiger partial charge < -0.3 is 64.2 Å². The largest absolute Gasteiger partial charge is 0.508 e. The Bertz CT molecular complexity index is 1390. The van der Waals surface area contributed by atoms with E-state index in [1.165, 1.54) is 36.4 Å². The Labute approximate surface area is 225 Å². The summed E-state index contributed by atoms with van der Waals surface area (Å²) in [6.07, 6.45) is -13.0. The molecule has 0 unspecified atom stereocenters. The minimum Gasteiger partial charge on any atom is -0.508 e. The minimum absolute atomic E-state index is 0.0169. The molecule has 0 amide bonds. The lowest BCUT2D eigenvalue weighted by Gasteiger charge is -2.42. The number of ether oxygens (including phenoxy) is 4. The maximum Gasteiger partial charge on any atom is 0.229 e. The fourth-order valence-electron chi connectivity index (χ4n) is 4.68. The average Bonchev–Trinajstić information content (AvgIpc) is 3.20. The molecule has 2 saturated heterocycles. The Morgan fingerprint density at radius 2 is 1.43 bits per heavy atom. The second-order valence-electron chi connectivity index (χ2n) is 9.47. The van der Waals surface area contributed by atoms with Crippen molar-refractivity contribution in [2.75, 3.05) is 13.2 Å². The molecule has 2 aromatic carbocycles. The van der Waals surface area contributed by atoms with Gasteiger partial charge in [0.25, 0.3) is 0 Å². The van der Waals surface area contributed by atoms with Gasteiger partial charge in [0.2, 0.25) is 6.29 Å². The summed E-state index contributed by atoms with van der Waals surface area (Å²) in [5, 5.41) is 80.0. The van der Waals surface area contributed by atoms with E-state index in [0.717, 1.165) is 6.07 Å². The number of fused-ring (bicyclic) bond motifs is 1. The van der Waals surface area contributed by atoms with Crippen molar-refractivity contribution in [2.45, 2.75) is 55.3 Å². The molecule has 0 bridgehead atoms. The number of rotatable bonds is 7. The van der Waals surface area contributed by atoms with E-state index >= 15 is 0 Å². The van der Waals surface area contributed by atoms with Crippen LogP contribution >= 0.6 is 0 Å². The van der Waals surface area contributed by atoms with Crippen molar-refractivity contribution in [2.24, 2.45) is 0 Å². The van der Waals surface area contributed by atoms with Crippen LogP contribution in [-0.2, 0) is 14.2 Å². The van der Waals surface area contributed by atoms with Crippen LogP contribution in [0.3, 0.4) is 0 Å². The first-order chi connectivity index (χ1) is 19.1. The molecule has 0 spiro atoms. The highest BCUT2D eigenvalue weighted by Crippen LogP contribution is 2.33. The molecule has 2 fully saturated rings. The Morgan fingerprint density at radius 3 is 2.08 bits per heavy atom. The first-order valence-corrected chi connectivity index (χ1v) is 12.3. The lowest BCUT2D eigenvalue weighted by Crippen LogP contribution is -2.62. The van der Waals surface area contributed by atoms with E-state index in [2.05, 4.69) is 0 Å². The van der Waals surface area contributed by atoms with Crippen LogP contribution in [0.25, 0.3) is 22.3 Å². The molecular weight excluding hydrogens is 536 g/mol. The maximum atomic E-state index is 12.5. The molecule has 2 aliphatic heterocycles. The number of aromatic hydroxyl groups is 2. The Balaban J connectivity index is 1.29. The van der Waals surface area contributed by atoms with Crippen molar-refractivity contribution >= 4 is 11.0 Å². The Kier molecular flexibility index (Phi) is 7.96. The van der Waals surface area contributed by atoms with Gasteiger partial charge in [-0.3, -0.25) is 4.79 Å². The van der Waals surface area contributed by atoms with Gasteiger partial charge in [-0.05, 0) is 24.3 Å². The zero-order chi connectivity index (χ0) is 28.7. The molecular formula is C26H28O14. The molecule has 0 radical (unpaired) electrons. The van der Waals surface area contributed by atoms with E-state index in [0.29, 0.717) is 5.56 Å². The number of benzene rings is 2. The number of phenolic OH excluding ortho intramolecular Hbond substituents is 2. The summed E-state index contributed by atoms with van der Waals surface area (Å²) in [4.78, 5) is 12.5. The quantitative estimate of drug-likeness (QED) is 0.164. The fraction of sp³-hybridized carbons (Fsp3) is 0.423. The van der Waals surface area contributed by atoms with E-state index in [9.17, 15) is 45.6 Å². The van der Waals surface area contributed by atoms with Gasteiger partial charge in [-0.15, -0.1) is 0 Å². The van der Waals surface area contributed by atoms with E-state index in [-0.39, 0.29) is 28.2 Å². The lowest BCUT2D eigenvalue weighted by molar-refractivity contribution is -0.315. The van der Waals surface area contributed by atoms with Crippen molar-refractivity contribution in [3.8, 4) is 28.6 Å². The van der Waals surface area contributed by atoms with E-state index < -0.39 is 79.7 Å². The standard InChI is InChI=1S/C26H28O14/c27-8-17-20(32)22(34)26(38-17)40-24-18(9-28)39-25(23(35)21(24)33)36-12-3-1-10(2-4-12)15-7-14(31)19-13(30)5-11(29)6-16(19)37-15/h1-7,17-18,20-30,32-35H,8-9H2/t17-,18+,20+,21+,22-,23+,24+,25+,26+/m1/s1. The van der Waals surface area contributed by atoms with Gasteiger partial charge in [0.05, 0.1) is 13.2 Å². The SMILES string of the molecule is O=c1cc(-c2ccc(O[C@H]3O[C@@H](CO)[C@H](O[C@@H]4O[C@H](CO)[C@H](O)[C@H]4O)[C@@H](O)[C@@H]3O)cc2)oc2cc(O)cc(O)c12. The van der Waals surface area contributed by atoms with Crippen LogP contribution in [0.1, 0.15) is 0 Å². The second-order valence-corrected chi connectivity index (χ2v) is 9.47. The number of hydrogen-bond donors (Lipinski definition) is 8. The summed E-state index contributed by atoms with van der Waals surface area (Å²) >= 11 is 0. The van der Waals surface area contributed by atoms with Gasteiger partial charge in [-0.1, -0.05) is 0 Å². The van der Waals surface area contributed by atoms with Crippen LogP contribution in [0.2, 0.25) is 0 Å². The van der Waals surface area contributed by atoms with Gasteiger partial charge in [-0.25, -0.2) is 0 Å². The second kappa shape index (κ2) is 11.3. The lowest BCUT2D eigenvalue weighted by atomic mass is 9.98. The molecule has 3 heterocycles. The van der Waals surface area contributed by atoms with Crippen molar-refractivity contribution in [1.29, 1.82) is 0 Å². The van der Waals surface area contributed by atoms with E-state index in [4.69, 9.17) is 23.4 Å². The smallest absolute Gasteiger partial charge is 0.229 e. The summed E-state index contributed by atoms with van der Waals surface area (Å²) in [5.41, 5.74) is -0.0955. The van der Waals surface area contributed by atoms with Crippen LogP contribution in [0.4, 0.5) is 0 Å². The van der Waals surface area contributed by atoms with Crippen molar-refractivity contribution < 1.29 is 64.2 Å². The number of aliphatic hydroxyl groups excluding tert-OH is 6. The third-order valence-electron chi connectivity index (χ3n) is 6.80. The Hall–Kier alpha value is -3.31. The summed E-state index contributed by atoms with van der Waals surface area (Å²) in [6, 6.07) is 9.41. The highest BCUT2D eigenvalue weighted by Gasteiger charge is 2.51. The number of aliphatic hydroxyl groups is 6. The molecule has 14 heteroatoms. The summed E-state index contributed by atoms with van der Waals surface area (Å²) in [6.45, 7) is -1.27. The predicted octanol–water partition coefficient (Wildman–Crippen LogP) is -1.49. The minimum atomic E-state index is -1.68. The van der Waals surface area contributed by atoms with Gasteiger partial charge in [0, 0.05) is 23.8 Å². The molecule has 2 aliphatic rings. The van der Waals surface area contributed by atoms with Gasteiger partial charge in [0.15, 0.2) is 11.7 Å². The highest BCUT2D eigenvalue weighted by atomic mass is 16.7. The number of phenols is 2. The zero-order valence-corrected chi connectivity index (χ0v) is 20.7. The highest BCUT2D eigenvalue weighted by molar-refractivity contribution is 5.86. The third kappa shape index (κ3) is 5.24. The third-order valence-corrected chi connectivity index (χ3v) is 6.80. The topological polar surface area (TPSA) is 229 Å². The van der Waals surface area contributed by atoms with Crippen LogP contribution in [0, 0.1) is 0 Å².